The Labute approximate surface area is 137 Å². The molecule has 0 saturated carbocycles. The van der Waals surface area contributed by atoms with E-state index in [2.05, 4.69) is 0 Å². The van der Waals surface area contributed by atoms with Crippen LogP contribution in [0.15, 0.2) is 12.2 Å². The van der Waals surface area contributed by atoms with Crippen LogP contribution >= 0.6 is 0 Å². The molecule has 0 aromatic heterocycles. The third-order valence-corrected chi connectivity index (χ3v) is 2.11. The summed E-state index contributed by atoms with van der Waals surface area (Å²) < 4.78 is 140. The molecule has 16 heteroatoms. The normalized spacial score (nSPS) is 14.2. The number of rotatable bonds is 5. The Bertz CT molecular complexity index is 384. The number of halogens is 12. The first-order valence-electron chi connectivity index (χ1n) is 6.08. The monoisotopic (exact) mass is 420 g/mol. The van der Waals surface area contributed by atoms with Crippen molar-refractivity contribution in [3.8, 4) is 0 Å². The maximum Gasteiger partial charge on any atom is 0.467 e. The van der Waals surface area contributed by atoms with Gasteiger partial charge >= 0.3 is 25.2 Å². The lowest BCUT2D eigenvalue weighted by molar-refractivity contribution is -0.374. The second kappa shape index (κ2) is 10.2. The van der Waals surface area contributed by atoms with Gasteiger partial charge in [-0.15, -0.1) is 9.80 Å². The third kappa shape index (κ3) is 11.4. The van der Waals surface area contributed by atoms with Gasteiger partial charge in [0.2, 0.25) is 0 Å². The Balaban J connectivity index is 0. The van der Waals surface area contributed by atoms with E-state index in [0.717, 1.165) is 6.08 Å². The van der Waals surface area contributed by atoms with Crippen LogP contribution in [0.5, 0.6) is 0 Å². The highest BCUT2D eigenvalue weighted by Gasteiger charge is 2.53. The minimum atomic E-state index is -5.50. The molecule has 0 amide bonds. The Morgan fingerprint density at radius 3 is 1.12 bits per heavy atom. The first-order chi connectivity index (χ1) is 11.4. The van der Waals surface area contributed by atoms with Crippen molar-refractivity contribution >= 4 is 0 Å². The molecule has 2 N–H and O–H groups in total. The summed E-state index contributed by atoms with van der Waals surface area (Å²) in [4.78, 5) is -3.29. The Kier molecular flexibility index (Phi) is 10.5. The quantitative estimate of drug-likeness (QED) is 0.408. The zero-order chi connectivity index (χ0) is 21.4. The molecule has 0 aromatic rings. The van der Waals surface area contributed by atoms with Gasteiger partial charge in [-0.1, -0.05) is 12.2 Å². The molecule has 0 radical (unpaired) electrons. The fraction of sp³-hybridized carbons (Fsp3) is 0.800. The van der Waals surface area contributed by atoms with E-state index in [1.807, 2.05) is 0 Å². The maximum atomic E-state index is 11.8. The summed E-state index contributed by atoms with van der Waals surface area (Å²) in [5, 5.41) is 16.0. The number of hydrogen-bond donors (Lipinski definition) is 2. The predicted octanol–water partition coefficient (Wildman–Crippen LogP) is 3.20. The van der Waals surface area contributed by atoms with E-state index in [1.165, 1.54) is 0 Å². The fourth-order valence-electron chi connectivity index (χ4n) is 1.10. The number of aliphatic hydroxyl groups is 2. The van der Waals surface area contributed by atoms with Crippen LogP contribution in [0.1, 0.15) is 0 Å². The minimum absolute atomic E-state index is 0.584. The zero-order valence-electron chi connectivity index (χ0n) is 12.3. The van der Waals surface area contributed by atoms with Gasteiger partial charge in [0.1, 0.15) is 0 Å². The third-order valence-electron chi connectivity index (χ3n) is 2.11. The van der Waals surface area contributed by atoms with Crippen molar-refractivity contribution < 1.29 is 62.9 Å². The van der Waals surface area contributed by atoms with Crippen molar-refractivity contribution in [2.24, 2.45) is 0 Å². The molecule has 0 bridgehead atoms. The van der Waals surface area contributed by atoms with Gasteiger partial charge < -0.3 is 10.2 Å². The molecule has 0 atom stereocenters. The molecule has 0 aliphatic carbocycles. The van der Waals surface area contributed by atoms with E-state index >= 15 is 0 Å². The topological polar surface area (TPSA) is 46.9 Å². The standard InChI is InChI=1S/C6H7F6NO.C4H5F6NO/c7-5(8,9)13(6(10,11)12)3-1-2-4-14;5-3(6,7)11(1-2-12)4(8,9)10/h1-2,14H,3-4H2;12H,1-2H2/b2-1+;. The average molecular weight is 420 g/mol. The molecule has 0 aromatic carbocycles. The van der Waals surface area contributed by atoms with E-state index in [0.29, 0.717) is 6.08 Å². The first kappa shape index (κ1) is 27.0. The lowest BCUT2D eigenvalue weighted by Crippen LogP contribution is -2.49. The highest BCUT2D eigenvalue weighted by Crippen LogP contribution is 2.33. The molecule has 26 heavy (non-hydrogen) atoms. The first-order valence-corrected chi connectivity index (χ1v) is 6.08. The van der Waals surface area contributed by atoms with Crippen LogP contribution in [0.2, 0.25) is 0 Å². The molecule has 0 saturated heterocycles. The SMILES string of the molecule is OC/C=C/CN(C(F)(F)F)C(F)(F)F.OCCN(C(F)(F)F)C(F)(F)F. The zero-order valence-corrected chi connectivity index (χ0v) is 12.3. The van der Waals surface area contributed by atoms with Crippen LogP contribution in [-0.2, 0) is 0 Å². The average Bonchev–Trinajstić information content (AvgIpc) is 2.36. The van der Waals surface area contributed by atoms with Crippen molar-refractivity contribution in [1.82, 2.24) is 9.80 Å². The van der Waals surface area contributed by atoms with E-state index in [9.17, 15) is 52.7 Å². The van der Waals surface area contributed by atoms with Crippen LogP contribution in [0.25, 0.3) is 0 Å². The predicted molar refractivity (Wildman–Crippen MR) is 60.9 cm³/mol. The molecule has 0 rings (SSSR count). The van der Waals surface area contributed by atoms with Crippen molar-refractivity contribution in [1.29, 1.82) is 0 Å². The summed E-state index contributed by atoms with van der Waals surface area (Å²) in [5.74, 6) is 0. The number of hydrogen-bond acceptors (Lipinski definition) is 4. The van der Waals surface area contributed by atoms with Crippen molar-refractivity contribution in [2.75, 3.05) is 26.3 Å². The number of alkyl halides is 12. The van der Waals surface area contributed by atoms with E-state index in [4.69, 9.17) is 10.2 Å². The summed E-state index contributed by atoms with van der Waals surface area (Å²) in [6.07, 6.45) is -20.6. The van der Waals surface area contributed by atoms with E-state index in [1.54, 1.807) is 0 Å². The molecule has 0 unspecified atom stereocenters. The van der Waals surface area contributed by atoms with Gasteiger partial charge in [0.05, 0.1) is 13.2 Å². The summed E-state index contributed by atoms with van der Waals surface area (Å²) in [5.41, 5.74) is 0. The van der Waals surface area contributed by atoms with E-state index in [-0.39, 0.29) is 0 Å². The lowest BCUT2D eigenvalue weighted by atomic mass is 10.5. The summed E-state index contributed by atoms with van der Waals surface area (Å²) >= 11 is 0. The molecule has 0 fully saturated rings. The second-order valence-corrected chi connectivity index (χ2v) is 4.01. The Morgan fingerprint density at radius 2 is 0.923 bits per heavy atom. The van der Waals surface area contributed by atoms with Crippen LogP contribution in [0.3, 0.4) is 0 Å². The maximum absolute atomic E-state index is 11.8. The van der Waals surface area contributed by atoms with Gasteiger partial charge in [0.15, 0.2) is 0 Å². The van der Waals surface area contributed by atoms with Crippen LogP contribution in [0, 0.1) is 0 Å². The second-order valence-electron chi connectivity index (χ2n) is 4.01. The molecular formula is C10H12F12N2O2. The number of aliphatic hydroxyl groups excluding tert-OH is 2. The molecule has 0 spiro atoms. The molecule has 0 aliphatic heterocycles. The molecule has 0 aliphatic rings. The van der Waals surface area contributed by atoms with Gasteiger partial charge in [-0.2, -0.15) is 52.7 Å². The largest absolute Gasteiger partial charge is 0.467 e. The van der Waals surface area contributed by atoms with Gasteiger partial charge in [-0.3, -0.25) is 0 Å². The molecular weight excluding hydrogens is 408 g/mol. The van der Waals surface area contributed by atoms with E-state index < -0.39 is 61.3 Å². The Morgan fingerprint density at radius 1 is 0.577 bits per heavy atom. The summed E-state index contributed by atoms with van der Waals surface area (Å²) in [6, 6.07) is 0. The molecule has 4 nitrogen and oxygen atoms in total. The van der Waals surface area contributed by atoms with Crippen molar-refractivity contribution in [2.45, 2.75) is 25.2 Å². The Hall–Kier alpha value is -1.26. The molecule has 0 heterocycles. The van der Waals surface area contributed by atoms with Gasteiger partial charge in [0, 0.05) is 13.1 Å². The summed E-state index contributed by atoms with van der Waals surface area (Å²) in [6.45, 7) is -4.69. The van der Waals surface area contributed by atoms with Crippen LogP contribution < -0.4 is 0 Å². The highest BCUT2D eigenvalue weighted by molar-refractivity contribution is 4.85. The molecule has 158 valence electrons. The van der Waals surface area contributed by atoms with Gasteiger partial charge in [0.25, 0.3) is 0 Å². The minimum Gasteiger partial charge on any atom is -0.395 e. The van der Waals surface area contributed by atoms with Crippen molar-refractivity contribution in [3.05, 3.63) is 12.2 Å². The van der Waals surface area contributed by atoms with Crippen LogP contribution in [-0.4, -0.2) is 71.5 Å². The fourth-order valence-corrected chi connectivity index (χ4v) is 1.10. The van der Waals surface area contributed by atoms with Gasteiger partial charge in [-0.25, -0.2) is 0 Å². The highest BCUT2D eigenvalue weighted by atomic mass is 19.4. The summed E-state index contributed by atoms with van der Waals surface area (Å²) in [7, 11) is 0. The smallest absolute Gasteiger partial charge is 0.395 e. The van der Waals surface area contributed by atoms with Gasteiger partial charge in [-0.05, 0) is 0 Å². The van der Waals surface area contributed by atoms with Crippen LogP contribution in [0.4, 0.5) is 52.7 Å². The lowest BCUT2D eigenvalue weighted by Gasteiger charge is -2.25. The number of nitrogens with zero attached hydrogens (tertiary/aromatic N) is 2. The van der Waals surface area contributed by atoms with Crippen molar-refractivity contribution in [3.63, 3.8) is 0 Å².